The summed E-state index contributed by atoms with van der Waals surface area (Å²) in [6, 6.07) is 12.9. The highest BCUT2D eigenvalue weighted by Gasteiger charge is 2.19. The summed E-state index contributed by atoms with van der Waals surface area (Å²) in [6.45, 7) is 1.50. The molecule has 6 heteroatoms. The Kier molecular flexibility index (Phi) is 5.01. The van der Waals surface area contributed by atoms with Crippen LogP contribution in [-0.4, -0.2) is 18.0 Å². The Balaban J connectivity index is 1.94. The summed E-state index contributed by atoms with van der Waals surface area (Å²) < 4.78 is 5.12. The van der Waals surface area contributed by atoms with Gasteiger partial charge < -0.3 is 15.8 Å². The summed E-state index contributed by atoms with van der Waals surface area (Å²) in [7, 11) is 0. The highest BCUT2D eigenvalue weighted by atomic mass is 35.5. The lowest BCUT2D eigenvalue weighted by atomic mass is 10.2. The highest BCUT2D eigenvalue weighted by molar-refractivity contribution is 6.30. The maximum Gasteiger partial charge on any atom is 0.338 e. The largest absolute Gasteiger partial charge is 0.449 e. The van der Waals surface area contributed by atoms with E-state index in [4.69, 9.17) is 22.1 Å². The van der Waals surface area contributed by atoms with Crippen LogP contribution in [0.1, 0.15) is 17.3 Å². The number of esters is 1. The third-order valence-corrected chi connectivity index (χ3v) is 3.16. The van der Waals surface area contributed by atoms with Crippen LogP contribution >= 0.6 is 11.6 Å². The van der Waals surface area contributed by atoms with E-state index in [1.165, 1.54) is 6.92 Å². The molecule has 2 aromatic carbocycles. The number of carbonyl (C=O) groups is 2. The molecule has 114 valence electrons. The summed E-state index contributed by atoms with van der Waals surface area (Å²) in [5, 5.41) is 3.21. The third-order valence-electron chi connectivity index (χ3n) is 2.91. The van der Waals surface area contributed by atoms with Gasteiger partial charge in [0.1, 0.15) is 0 Å². The molecule has 2 aromatic rings. The van der Waals surface area contributed by atoms with Gasteiger partial charge in [-0.25, -0.2) is 4.79 Å². The lowest BCUT2D eigenvalue weighted by Crippen LogP contribution is -2.29. The van der Waals surface area contributed by atoms with Gasteiger partial charge >= 0.3 is 5.97 Å². The number of carbonyl (C=O) groups excluding carboxylic acids is 2. The molecule has 0 unspecified atom stereocenters. The van der Waals surface area contributed by atoms with E-state index in [2.05, 4.69) is 5.32 Å². The van der Waals surface area contributed by atoms with Gasteiger partial charge in [0.2, 0.25) is 0 Å². The molecule has 0 aliphatic carbocycles. The fourth-order valence-electron chi connectivity index (χ4n) is 1.68. The normalized spacial score (nSPS) is 11.5. The average molecular weight is 319 g/mol. The van der Waals surface area contributed by atoms with Crippen molar-refractivity contribution < 1.29 is 14.3 Å². The highest BCUT2D eigenvalue weighted by Crippen LogP contribution is 2.14. The Morgan fingerprint density at radius 2 is 1.68 bits per heavy atom. The van der Waals surface area contributed by atoms with Crippen LogP contribution in [0, 0.1) is 0 Å². The SMILES string of the molecule is C[C@H](OC(=O)c1ccc(N)cc1)C(=O)Nc1ccc(Cl)cc1. The monoisotopic (exact) mass is 318 g/mol. The van der Waals surface area contributed by atoms with Gasteiger partial charge in [0, 0.05) is 16.4 Å². The molecular weight excluding hydrogens is 304 g/mol. The van der Waals surface area contributed by atoms with Crippen molar-refractivity contribution in [1.82, 2.24) is 0 Å². The first-order valence-corrected chi connectivity index (χ1v) is 6.96. The van der Waals surface area contributed by atoms with Crippen LogP contribution in [0.15, 0.2) is 48.5 Å². The van der Waals surface area contributed by atoms with E-state index in [-0.39, 0.29) is 0 Å². The predicted octanol–water partition coefficient (Wildman–Crippen LogP) is 3.11. The smallest absolute Gasteiger partial charge is 0.338 e. The van der Waals surface area contributed by atoms with Crippen molar-refractivity contribution in [2.45, 2.75) is 13.0 Å². The molecule has 2 rings (SSSR count). The lowest BCUT2D eigenvalue weighted by Gasteiger charge is -2.13. The molecule has 0 bridgehead atoms. The van der Waals surface area contributed by atoms with Crippen molar-refractivity contribution in [3.8, 4) is 0 Å². The van der Waals surface area contributed by atoms with Gasteiger partial charge in [0.25, 0.3) is 5.91 Å². The maximum atomic E-state index is 12.0. The molecule has 0 saturated heterocycles. The molecule has 0 aromatic heterocycles. The number of amides is 1. The van der Waals surface area contributed by atoms with Gasteiger partial charge in [0.15, 0.2) is 6.10 Å². The molecule has 1 amide bonds. The Morgan fingerprint density at radius 1 is 1.09 bits per heavy atom. The number of nitrogen functional groups attached to an aromatic ring is 1. The van der Waals surface area contributed by atoms with Gasteiger partial charge in [-0.15, -0.1) is 0 Å². The second-order valence-electron chi connectivity index (χ2n) is 4.67. The number of benzene rings is 2. The zero-order chi connectivity index (χ0) is 16.1. The second kappa shape index (κ2) is 6.95. The third kappa shape index (κ3) is 4.23. The summed E-state index contributed by atoms with van der Waals surface area (Å²) in [4.78, 5) is 23.9. The molecule has 5 nitrogen and oxygen atoms in total. The van der Waals surface area contributed by atoms with Crippen molar-refractivity contribution in [3.63, 3.8) is 0 Å². The van der Waals surface area contributed by atoms with Crippen molar-refractivity contribution in [1.29, 1.82) is 0 Å². The van der Waals surface area contributed by atoms with E-state index in [0.29, 0.717) is 22.0 Å². The van der Waals surface area contributed by atoms with Crippen LogP contribution in [0.2, 0.25) is 5.02 Å². The molecule has 0 saturated carbocycles. The minimum absolute atomic E-state index is 0.334. The topological polar surface area (TPSA) is 81.4 Å². The minimum atomic E-state index is -0.930. The number of ether oxygens (including phenoxy) is 1. The molecule has 0 aliphatic heterocycles. The lowest BCUT2D eigenvalue weighted by molar-refractivity contribution is -0.123. The van der Waals surface area contributed by atoms with Crippen LogP contribution in [0.3, 0.4) is 0 Å². The summed E-state index contributed by atoms with van der Waals surface area (Å²) >= 11 is 5.77. The number of hydrogen-bond donors (Lipinski definition) is 2. The molecule has 0 heterocycles. The van der Waals surface area contributed by atoms with Crippen molar-refractivity contribution in [2.75, 3.05) is 11.1 Å². The number of halogens is 1. The molecule has 0 aliphatic rings. The molecular formula is C16H15ClN2O3. The summed E-state index contributed by atoms with van der Waals surface area (Å²) in [5.41, 5.74) is 7.00. The summed E-state index contributed by atoms with van der Waals surface area (Å²) in [5.74, 6) is -1.01. The van der Waals surface area contributed by atoms with Gasteiger partial charge in [-0.1, -0.05) is 11.6 Å². The first-order chi connectivity index (χ1) is 10.5. The Hall–Kier alpha value is -2.53. The predicted molar refractivity (Wildman–Crippen MR) is 85.8 cm³/mol. The molecule has 1 atom stereocenters. The van der Waals surface area contributed by atoms with Crippen LogP contribution in [-0.2, 0) is 9.53 Å². The average Bonchev–Trinajstić information content (AvgIpc) is 2.50. The number of rotatable bonds is 4. The zero-order valence-electron chi connectivity index (χ0n) is 11.9. The van der Waals surface area contributed by atoms with Gasteiger partial charge in [-0.2, -0.15) is 0 Å². The second-order valence-corrected chi connectivity index (χ2v) is 5.10. The van der Waals surface area contributed by atoms with Crippen LogP contribution in [0.25, 0.3) is 0 Å². The molecule has 22 heavy (non-hydrogen) atoms. The van der Waals surface area contributed by atoms with Crippen molar-refractivity contribution >= 4 is 34.9 Å². The maximum absolute atomic E-state index is 12.0. The van der Waals surface area contributed by atoms with Crippen LogP contribution < -0.4 is 11.1 Å². The number of nitrogens with two attached hydrogens (primary N) is 1. The minimum Gasteiger partial charge on any atom is -0.449 e. The standard InChI is InChI=1S/C16H15ClN2O3/c1-10(15(20)19-14-8-4-12(17)5-9-14)22-16(21)11-2-6-13(18)7-3-11/h2-10H,18H2,1H3,(H,19,20)/t10-/m0/s1. The molecule has 0 spiro atoms. The molecule has 3 N–H and O–H groups in total. The van der Waals surface area contributed by atoms with Gasteiger partial charge in [-0.05, 0) is 55.5 Å². The first-order valence-electron chi connectivity index (χ1n) is 6.58. The first kappa shape index (κ1) is 15.9. The Labute approximate surface area is 133 Å². The fraction of sp³-hybridized carbons (Fsp3) is 0.125. The van der Waals surface area contributed by atoms with E-state index in [1.807, 2.05) is 0 Å². The van der Waals surface area contributed by atoms with Crippen LogP contribution in [0.5, 0.6) is 0 Å². The van der Waals surface area contributed by atoms with E-state index in [1.54, 1.807) is 48.5 Å². The van der Waals surface area contributed by atoms with E-state index in [9.17, 15) is 9.59 Å². The molecule has 0 fully saturated rings. The fourth-order valence-corrected chi connectivity index (χ4v) is 1.80. The Bertz CT molecular complexity index is 669. The van der Waals surface area contributed by atoms with E-state index < -0.39 is 18.0 Å². The van der Waals surface area contributed by atoms with Gasteiger partial charge in [-0.3, -0.25) is 4.79 Å². The van der Waals surface area contributed by atoms with Crippen LogP contribution in [0.4, 0.5) is 11.4 Å². The number of nitrogens with one attached hydrogen (secondary N) is 1. The van der Waals surface area contributed by atoms with Crippen molar-refractivity contribution in [3.05, 3.63) is 59.1 Å². The zero-order valence-corrected chi connectivity index (χ0v) is 12.6. The number of anilines is 2. The summed E-state index contributed by atoms with van der Waals surface area (Å²) in [6.07, 6.45) is -0.930. The molecule has 0 radical (unpaired) electrons. The van der Waals surface area contributed by atoms with Crippen molar-refractivity contribution in [2.24, 2.45) is 0 Å². The Morgan fingerprint density at radius 3 is 2.27 bits per heavy atom. The van der Waals surface area contributed by atoms with Gasteiger partial charge in [0.05, 0.1) is 5.56 Å². The quantitative estimate of drug-likeness (QED) is 0.670. The van der Waals surface area contributed by atoms with E-state index in [0.717, 1.165) is 0 Å². The van der Waals surface area contributed by atoms with E-state index >= 15 is 0 Å². The number of hydrogen-bond acceptors (Lipinski definition) is 4.